The molecule has 1 fully saturated rings. The SMILES string of the molecule is CN1CCC(NC(=O)c2cnn3ccc(-c4c[nH]c5nc(CO)ccc45)cc23)CC1. The first-order valence-corrected chi connectivity index (χ1v) is 10.2. The van der Waals surface area contributed by atoms with Crippen LogP contribution in [0.2, 0.25) is 0 Å². The number of fused-ring (bicyclic) bond motifs is 2. The number of carbonyl (C=O) groups is 1. The van der Waals surface area contributed by atoms with Gasteiger partial charge in [0.2, 0.25) is 0 Å². The highest BCUT2D eigenvalue weighted by Crippen LogP contribution is 2.29. The molecule has 0 unspecified atom stereocenters. The van der Waals surface area contributed by atoms with E-state index in [-0.39, 0.29) is 18.6 Å². The minimum absolute atomic E-state index is 0.0788. The van der Waals surface area contributed by atoms with Crippen LogP contribution in [0.3, 0.4) is 0 Å². The second-order valence-corrected chi connectivity index (χ2v) is 7.91. The van der Waals surface area contributed by atoms with E-state index in [2.05, 4.69) is 32.3 Å². The van der Waals surface area contributed by atoms with Crippen LogP contribution in [0, 0.1) is 0 Å². The summed E-state index contributed by atoms with van der Waals surface area (Å²) in [5.41, 5.74) is 4.66. The second-order valence-electron chi connectivity index (χ2n) is 7.91. The monoisotopic (exact) mass is 404 g/mol. The Balaban J connectivity index is 1.47. The Morgan fingerprint density at radius 1 is 1.30 bits per heavy atom. The maximum atomic E-state index is 12.9. The number of hydrogen-bond donors (Lipinski definition) is 3. The van der Waals surface area contributed by atoms with Crippen molar-refractivity contribution >= 4 is 22.5 Å². The van der Waals surface area contributed by atoms with Crippen molar-refractivity contribution in [2.45, 2.75) is 25.5 Å². The highest BCUT2D eigenvalue weighted by molar-refractivity contribution is 6.02. The first-order valence-electron chi connectivity index (χ1n) is 10.2. The third-order valence-corrected chi connectivity index (χ3v) is 5.89. The van der Waals surface area contributed by atoms with Crippen LogP contribution in [0.25, 0.3) is 27.7 Å². The van der Waals surface area contributed by atoms with Gasteiger partial charge in [0.05, 0.1) is 29.6 Å². The predicted molar refractivity (Wildman–Crippen MR) is 114 cm³/mol. The molecular weight excluding hydrogens is 380 g/mol. The van der Waals surface area contributed by atoms with Crippen LogP contribution < -0.4 is 5.32 Å². The maximum absolute atomic E-state index is 12.9. The lowest BCUT2D eigenvalue weighted by Gasteiger charge is -2.29. The molecule has 1 saturated heterocycles. The smallest absolute Gasteiger partial charge is 0.255 e. The van der Waals surface area contributed by atoms with Crippen molar-refractivity contribution in [3.05, 3.63) is 54.1 Å². The topological polar surface area (TPSA) is 98.6 Å². The van der Waals surface area contributed by atoms with Gasteiger partial charge in [0.1, 0.15) is 5.65 Å². The molecule has 0 saturated carbocycles. The molecule has 5 heterocycles. The Morgan fingerprint density at radius 2 is 2.13 bits per heavy atom. The quantitative estimate of drug-likeness (QED) is 0.484. The first-order chi connectivity index (χ1) is 14.6. The Bertz CT molecular complexity index is 1220. The zero-order valence-electron chi connectivity index (χ0n) is 16.8. The van der Waals surface area contributed by atoms with Gasteiger partial charge in [-0.1, -0.05) is 0 Å². The lowest BCUT2D eigenvalue weighted by Crippen LogP contribution is -2.43. The van der Waals surface area contributed by atoms with Crippen molar-refractivity contribution in [2.24, 2.45) is 0 Å². The Morgan fingerprint density at radius 3 is 2.93 bits per heavy atom. The van der Waals surface area contributed by atoms with Gasteiger partial charge in [-0.05, 0) is 62.8 Å². The third kappa shape index (κ3) is 3.34. The van der Waals surface area contributed by atoms with Gasteiger partial charge in [-0.15, -0.1) is 0 Å². The van der Waals surface area contributed by atoms with Crippen molar-refractivity contribution in [1.29, 1.82) is 0 Å². The van der Waals surface area contributed by atoms with Gasteiger partial charge >= 0.3 is 0 Å². The lowest BCUT2D eigenvalue weighted by atomic mass is 10.0. The molecule has 4 aromatic rings. The summed E-state index contributed by atoms with van der Waals surface area (Å²) in [7, 11) is 2.11. The number of carbonyl (C=O) groups excluding carboxylic acids is 1. The highest BCUT2D eigenvalue weighted by Gasteiger charge is 2.21. The lowest BCUT2D eigenvalue weighted by molar-refractivity contribution is 0.0918. The van der Waals surface area contributed by atoms with Gasteiger partial charge < -0.3 is 20.3 Å². The molecule has 8 nitrogen and oxygen atoms in total. The van der Waals surface area contributed by atoms with Crippen molar-refractivity contribution in [2.75, 3.05) is 20.1 Å². The molecule has 30 heavy (non-hydrogen) atoms. The Labute approximate surface area is 173 Å². The number of hydrogen-bond acceptors (Lipinski definition) is 5. The van der Waals surface area contributed by atoms with E-state index in [9.17, 15) is 9.90 Å². The zero-order chi connectivity index (χ0) is 20.7. The van der Waals surface area contributed by atoms with Crippen LogP contribution in [0.1, 0.15) is 28.9 Å². The standard InChI is InChI=1S/C22H24N6O2/c1-27-7-5-15(6-8-27)26-22(30)19-12-24-28-9-4-14(10-20(19)28)18-11-23-21-17(18)3-2-16(13-29)25-21/h2-4,9-12,15,29H,5-8,13H2,1H3,(H,23,25)(H,26,30). The number of aliphatic hydroxyl groups is 1. The summed E-state index contributed by atoms with van der Waals surface area (Å²) in [5.74, 6) is -0.0788. The van der Waals surface area contributed by atoms with E-state index in [0.29, 0.717) is 11.3 Å². The van der Waals surface area contributed by atoms with Crippen molar-refractivity contribution in [3.8, 4) is 11.1 Å². The summed E-state index contributed by atoms with van der Waals surface area (Å²) in [4.78, 5) is 22.8. The number of nitrogens with one attached hydrogen (secondary N) is 2. The van der Waals surface area contributed by atoms with E-state index in [4.69, 9.17) is 0 Å². The number of aliphatic hydroxyl groups excluding tert-OH is 1. The molecule has 0 aliphatic carbocycles. The molecule has 4 aromatic heterocycles. The first kappa shape index (κ1) is 18.8. The number of aromatic nitrogens is 4. The zero-order valence-corrected chi connectivity index (χ0v) is 16.8. The van der Waals surface area contributed by atoms with Crippen LogP contribution in [0.5, 0.6) is 0 Å². The predicted octanol–water partition coefficient (Wildman–Crippen LogP) is 2.19. The number of rotatable bonds is 4. The molecule has 1 aliphatic rings. The summed E-state index contributed by atoms with van der Waals surface area (Å²) in [6, 6.07) is 7.93. The highest BCUT2D eigenvalue weighted by atomic mass is 16.3. The van der Waals surface area contributed by atoms with Crippen LogP contribution in [0.4, 0.5) is 0 Å². The van der Waals surface area contributed by atoms with Gasteiger partial charge in [0.25, 0.3) is 5.91 Å². The third-order valence-electron chi connectivity index (χ3n) is 5.89. The minimum Gasteiger partial charge on any atom is -0.390 e. The summed E-state index contributed by atoms with van der Waals surface area (Å²) in [6.07, 6.45) is 7.33. The molecule has 8 heteroatoms. The van der Waals surface area contributed by atoms with Gasteiger partial charge in [-0.25, -0.2) is 9.50 Å². The molecule has 1 amide bonds. The molecule has 5 rings (SSSR count). The fraction of sp³-hybridized carbons (Fsp3) is 0.318. The van der Waals surface area contributed by atoms with Crippen LogP contribution >= 0.6 is 0 Å². The number of pyridine rings is 2. The molecule has 0 bridgehead atoms. The molecular formula is C22H24N6O2. The van der Waals surface area contributed by atoms with Crippen LogP contribution in [-0.2, 0) is 6.61 Å². The average molecular weight is 404 g/mol. The molecule has 3 N–H and O–H groups in total. The number of piperidine rings is 1. The fourth-order valence-electron chi connectivity index (χ4n) is 4.11. The number of H-pyrrole nitrogens is 1. The van der Waals surface area contributed by atoms with E-state index < -0.39 is 0 Å². The van der Waals surface area contributed by atoms with E-state index >= 15 is 0 Å². The van der Waals surface area contributed by atoms with Gasteiger partial charge in [0, 0.05) is 29.4 Å². The average Bonchev–Trinajstić information content (AvgIpc) is 3.38. The summed E-state index contributed by atoms with van der Waals surface area (Å²) < 4.78 is 1.73. The molecule has 0 radical (unpaired) electrons. The number of aromatic amines is 1. The molecule has 0 atom stereocenters. The van der Waals surface area contributed by atoms with Crippen LogP contribution in [0.15, 0.2) is 42.9 Å². The normalized spacial score (nSPS) is 15.8. The number of nitrogens with zero attached hydrogens (tertiary/aromatic N) is 4. The molecule has 1 aliphatic heterocycles. The minimum atomic E-state index is -0.0954. The molecule has 0 spiro atoms. The number of likely N-dealkylation sites (tertiary alicyclic amines) is 1. The van der Waals surface area contributed by atoms with E-state index in [1.807, 2.05) is 36.7 Å². The van der Waals surface area contributed by atoms with E-state index in [1.54, 1.807) is 10.7 Å². The molecule has 0 aromatic carbocycles. The summed E-state index contributed by atoms with van der Waals surface area (Å²) >= 11 is 0. The summed E-state index contributed by atoms with van der Waals surface area (Å²) in [5, 5.41) is 17.8. The Kier molecular flexibility index (Phi) is 4.72. The molecule has 154 valence electrons. The van der Waals surface area contributed by atoms with Gasteiger partial charge in [-0.3, -0.25) is 4.79 Å². The largest absolute Gasteiger partial charge is 0.390 e. The fourth-order valence-corrected chi connectivity index (χ4v) is 4.11. The second kappa shape index (κ2) is 7.55. The van der Waals surface area contributed by atoms with E-state index in [0.717, 1.165) is 53.6 Å². The summed E-state index contributed by atoms with van der Waals surface area (Å²) in [6.45, 7) is 1.90. The van der Waals surface area contributed by atoms with Crippen LogP contribution in [-0.4, -0.2) is 61.7 Å². The van der Waals surface area contributed by atoms with Gasteiger partial charge in [-0.2, -0.15) is 5.10 Å². The Hall–Kier alpha value is -3.23. The van der Waals surface area contributed by atoms with Crippen molar-refractivity contribution in [3.63, 3.8) is 0 Å². The van der Waals surface area contributed by atoms with Gasteiger partial charge in [0.15, 0.2) is 0 Å². The van der Waals surface area contributed by atoms with Crippen molar-refractivity contribution < 1.29 is 9.90 Å². The van der Waals surface area contributed by atoms with Crippen molar-refractivity contribution in [1.82, 2.24) is 29.8 Å². The van der Waals surface area contributed by atoms with E-state index in [1.165, 1.54) is 0 Å². The number of amides is 1. The maximum Gasteiger partial charge on any atom is 0.255 e.